The maximum Gasteiger partial charge on any atom is 0.416 e. The highest BCUT2D eigenvalue weighted by molar-refractivity contribution is 9.10. The largest absolute Gasteiger partial charge is 0.416 e. The molecule has 9 heteroatoms. The summed E-state index contributed by atoms with van der Waals surface area (Å²) in [6, 6.07) is 12.7. The highest BCUT2D eigenvalue weighted by Crippen LogP contribution is 2.30. The molecule has 0 aliphatic rings. The molecule has 0 saturated carbocycles. The van der Waals surface area contributed by atoms with Crippen molar-refractivity contribution in [2.45, 2.75) is 6.18 Å². The number of hydrogen-bond donors (Lipinski definition) is 0. The van der Waals surface area contributed by atoms with Gasteiger partial charge in [0.1, 0.15) is 5.01 Å². The lowest BCUT2D eigenvalue weighted by atomic mass is 10.1. The number of benzene rings is 2. The molecule has 0 spiro atoms. The minimum atomic E-state index is -4.36. The van der Waals surface area contributed by atoms with Gasteiger partial charge in [0.2, 0.25) is 4.96 Å². The molecule has 0 unspecified atom stereocenters. The average molecular weight is 451 g/mol. The molecule has 27 heavy (non-hydrogen) atoms. The molecule has 4 nitrogen and oxygen atoms in total. The van der Waals surface area contributed by atoms with Crippen molar-refractivity contribution in [3.05, 3.63) is 69.1 Å². The second-order valence-electron chi connectivity index (χ2n) is 5.62. The number of halogens is 4. The minimum Gasteiger partial charge on any atom is -0.182 e. The fourth-order valence-corrected chi connectivity index (χ4v) is 3.47. The van der Waals surface area contributed by atoms with Gasteiger partial charge in [0.15, 0.2) is 5.82 Å². The van der Waals surface area contributed by atoms with E-state index in [-0.39, 0.29) is 0 Å². The average Bonchev–Trinajstić information content (AvgIpc) is 3.21. The van der Waals surface area contributed by atoms with Gasteiger partial charge in [-0.2, -0.15) is 22.8 Å². The summed E-state index contributed by atoms with van der Waals surface area (Å²) in [6.07, 6.45) is -1.10. The van der Waals surface area contributed by atoms with Gasteiger partial charge < -0.3 is 0 Å². The Hall–Kier alpha value is -2.52. The van der Waals surface area contributed by atoms with E-state index in [2.05, 4.69) is 31.2 Å². The van der Waals surface area contributed by atoms with Gasteiger partial charge >= 0.3 is 6.18 Å². The minimum absolute atomic E-state index is 0.448. The van der Waals surface area contributed by atoms with Crippen molar-refractivity contribution in [1.29, 1.82) is 0 Å². The molecule has 0 saturated heterocycles. The number of alkyl halides is 3. The van der Waals surface area contributed by atoms with Crippen molar-refractivity contribution in [2.75, 3.05) is 0 Å². The monoisotopic (exact) mass is 450 g/mol. The van der Waals surface area contributed by atoms with E-state index in [0.29, 0.717) is 21.4 Å². The van der Waals surface area contributed by atoms with Crippen molar-refractivity contribution in [1.82, 2.24) is 19.8 Å². The Balaban J connectivity index is 1.64. The molecule has 4 aromatic rings. The molecule has 2 aromatic heterocycles. The van der Waals surface area contributed by atoms with Crippen molar-refractivity contribution >= 4 is 44.4 Å². The highest BCUT2D eigenvalue weighted by atomic mass is 79.9. The van der Waals surface area contributed by atoms with Gasteiger partial charge in [-0.3, -0.25) is 0 Å². The van der Waals surface area contributed by atoms with Gasteiger partial charge in [-0.25, -0.2) is 0 Å². The quantitative estimate of drug-likeness (QED) is 0.395. The summed E-state index contributed by atoms with van der Waals surface area (Å²) < 4.78 is 41.0. The molecule has 136 valence electrons. The molecule has 0 N–H and O–H groups in total. The topological polar surface area (TPSA) is 43.1 Å². The Morgan fingerprint density at radius 3 is 2.52 bits per heavy atom. The highest BCUT2D eigenvalue weighted by Gasteiger charge is 2.30. The molecule has 0 aliphatic heterocycles. The smallest absolute Gasteiger partial charge is 0.182 e. The molecule has 0 radical (unpaired) electrons. The predicted octanol–water partition coefficient (Wildman–Crippen LogP) is 5.80. The van der Waals surface area contributed by atoms with Gasteiger partial charge in [-0.15, -0.1) is 10.2 Å². The standard InChI is InChI=1S/C18H10BrF3N4S/c19-14-7-5-12(6-8-14)16-23-24-17-26(16)25-15(27-17)9-4-11-2-1-3-13(10-11)18(20,21)22/h1-10H/b9-4+. The third kappa shape index (κ3) is 3.79. The third-order valence-corrected chi connectivity index (χ3v) is 5.13. The lowest BCUT2D eigenvalue weighted by Crippen LogP contribution is -2.04. The molecule has 0 amide bonds. The lowest BCUT2D eigenvalue weighted by molar-refractivity contribution is -0.137. The molecule has 0 aliphatic carbocycles. The third-order valence-electron chi connectivity index (χ3n) is 3.74. The number of hydrogen-bond acceptors (Lipinski definition) is 4. The molecular weight excluding hydrogens is 441 g/mol. The zero-order chi connectivity index (χ0) is 19.0. The van der Waals surface area contributed by atoms with Gasteiger partial charge in [-0.05, 0) is 35.9 Å². The fraction of sp³-hybridized carbons (Fsp3) is 0.0556. The first-order chi connectivity index (χ1) is 12.9. The summed E-state index contributed by atoms with van der Waals surface area (Å²) in [5.41, 5.74) is 0.633. The van der Waals surface area contributed by atoms with Crippen LogP contribution in [-0.4, -0.2) is 19.8 Å². The Bertz CT molecular complexity index is 1130. The zero-order valence-electron chi connectivity index (χ0n) is 13.5. The summed E-state index contributed by atoms with van der Waals surface area (Å²) in [5.74, 6) is 0.604. The molecule has 0 fully saturated rings. The molecule has 2 aromatic carbocycles. The van der Waals surface area contributed by atoms with Crippen LogP contribution in [0.2, 0.25) is 0 Å². The SMILES string of the molecule is FC(F)(F)c1cccc(/C=C/c2nn3c(-c4ccc(Br)cc4)nnc3s2)c1. The molecule has 0 atom stereocenters. The lowest BCUT2D eigenvalue weighted by Gasteiger charge is -2.06. The van der Waals surface area contributed by atoms with E-state index < -0.39 is 11.7 Å². The van der Waals surface area contributed by atoms with Crippen molar-refractivity contribution < 1.29 is 13.2 Å². The van der Waals surface area contributed by atoms with Crippen LogP contribution in [0.3, 0.4) is 0 Å². The summed E-state index contributed by atoms with van der Waals surface area (Å²) in [4.78, 5) is 0.608. The Labute approximate surface area is 164 Å². The van der Waals surface area contributed by atoms with Crippen LogP contribution in [0.4, 0.5) is 13.2 Å². The molecule has 0 bridgehead atoms. The van der Waals surface area contributed by atoms with Crippen LogP contribution in [0.5, 0.6) is 0 Å². The number of rotatable bonds is 3. The van der Waals surface area contributed by atoms with Crippen molar-refractivity contribution in [3.63, 3.8) is 0 Å². The van der Waals surface area contributed by atoms with Gasteiger partial charge in [-0.1, -0.05) is 57.6 Å². The van der Waals surface area contributed by atoms with Crippen LogP contribution in [0.25, 0.3) is 28.5 Å². The van der Waals surface area contributed by atoms with E-state index in [1.807, 2.05) is 24.3 Å². The van der Waals surface area contributed by atoms with E-state index in [1.54, 1.807) is 22.7 Å². The van der Waals surface area contributed by atoms with Crippen LogP contribution < -0.4 is 0 Å². The van der Waals surface area contributed by atoms with Crippen LogP contribution in [0.1, 0.15) is 16.1 Å². The van der Waals surface area contributed by atoms with Crippen LogP contribution in [0.15, 0.2) is 53.0 Å². The molecule has 2 heterocycles. The van der Waals surface area contributed by atoms with E-state index >= 15 is 0 Å². The van der Waals surface area contributed by atoms with Gasteiger partial charge in [0.05, 0.1) is 5.56 Å². The van der Waals surface area contributed by atoms with E-state index in [9.17, 15) is 13.2 Å². The van der Waals surface area contributed by atoms with Crippen LogP contribution >= 0.6 is 27.3 Å². The summed E-state index contributed by atoms with van der Waals surface area (Å²) in [5, 5.41) is 13.3. The van der Waals surface area contributed by atoms with E-state index in [4.69, 9.17) is 0 Å². The van der Waals surface area contributed by atoms with E-state index in [0.717, 1.165) is 22.2 Å². The number of fused-ring (bicyclic) bond motifs is 1. The Morgan fingerprint density at radius 2 is 1.78 bits per heavy atom. The number of nitrogens with zero attached hydrogens (tertiary/aromatic N) is 4. The maximum atomic E-state index is 12.8. The van der Waals surface area contributed by atoms with Crippen molar-refractivity contribution in [3.8, 4) is 11.4 Å². The zero-order valence-corrected chi connectivity index (χ0v) is 15.9. The fourth-order valence-electron chi connectivity index (χ4n) is 2.46. The predicted molar refractivity (Wildman–Crippen MR) is 102 cm³/mol. The second kappa shape index (κ2) is 6.90. The summed E-state index contributed by atoms with van der Waals surface area (Å²) in [6.45, 7) is 0. The van der Waals surface area contributed by atoms with Gasteiger partial charge in [0.25, 0.3) is 0 Å². The Kier molecular flexibility index (Phi) is 4.56. The molecular formula is C18H10BrF3N4S. The summed E-state index contributed by atoms with van der Waals surface area (Å²) >= 11 is 4.69. The first kappa shape index (κ1) is 17.9. The van der Waals surface area contributed by atoms with E-state index in [1.165, 1.54) is 17.4 Å². The summed E-state index contributed by atoms with van der Waals surface area (Å²) in [7, 11) is 0. The normalized spacial score (nSPS) is 12.3. The maximum absolute atomic E-state index is 12.8. The first-order valence-electron chi connectivity index (χ1n) is 7.74. The second-order valence-corrected chi connectivity index (χ2v) is 7.52. The number of aromatic nitrogens is 4. The van der Waals surface area contributed by atoms with Crippen molar-refractivity contribution in [2.24, 2.45) is 0 Å². The Morgan fingerprint density at radius 1 is 1.00 bits per heavy atom. The van der Waals surface area contributed by atoms with Crippen LogP contribution in [0, 0.1) is 0 Å². The first-order valence-corrected chi connectivity index (χ1v) is 9.35. The molecule has 4 rings (SSSR count). The van der Waals surface area contributed by atoms with Gasteiger partial charge in [0, 0.05) is 10.0 Å². The van der Waals surface area contributed by atoms with Crippen LogP contribution in [-0.2, 0) is 6.18 Å².